The lowest BCUT2D eigenvalue weighted by molar-refractivity contribution is -0.136. The Morgan fingerprint density at radius 3 is 2.68 bits per heavy atom. The smallest absolute Gasteiger partial charge is 0.225 e. The van der Waals surface area contributed by atoms with E-state index in [0.717, 1.165) is 48.0 Å². The van der Waals surface area contributed by atoms with Crippen LogP contribution in [0.15, 0.2) is 22.7 Å². The van der Waals surface area contributed by atoms with Gasteiger partial charge in [-0.2, -0.15) is 0 Å². The highest BCUT2D eigenvalue weighted by Gasteiger charge is 2.29. The van der Waals surface area contributed by atoms with Gasteiger partial charge in [-0.05, 0) is 65.7 Å². The van der Waals surface area contributed by atoms with Gasteiger partial charge in [0.05, 0.1) is 17.5 Å². The maximum atomic E-state index is 12.7. The fraction of sp³-hybridized carbons (Fsp3) is 0.636. The monoisotopic (exact) mass is 450 g/mol. The fourth-order valence-corrected chi connectivity index (χ4v) is 4.85. The van der Waals surface area contributed by atoms with E-state index in [4.69, 9.17) is 4.74 Å². The summed E-state index contributed by atoms with van der Waals surface area (Å²) in [7, 11) is 1.64. The number of amides is 2. The maximum absolute atomic E-state index is 12.7. The molecule has 1 aliphatic carbocycles. The molecule has 0 radical (unpaired) electrons. The second-order valence-corrected chi connectivity index (χ2v) is 8.85. The number of ether oxygens (including phenoxy) is 1. The van der Waals surface area contributed by atoms with Crippen LogP contribution in [-0.2, 0) is 16.0 Å². The lowest BCUT2D eigenvalue weighted by atomic mass is 9.93. The van der Waals surface area contributed by atoms with Gasteiger partial charge in [-0.3, -0.25) is 9.59 Å². The SMILES string of the molecule is COc1ccc(CCC(=O)N2CCCC(C(=O)NC3CCCCC3)C2)cc1Br. The van der Waals surface area contributed by atoms with Crippen LogP contribution in [0.4, 0.5) is 0 Å². The zero-order valence-electron chi connectivity index (χ0n) is 16.7. The quantitative estimate of drug-likeness (QED) is 0.709. The summed E-state index contributed by atoms with van der Waals surface area (Å²) in [6, 6.07) is 6.24. The number of hydrogen-bond acceptors (Lipinski definition) is 3. The van der Waals surface area contributed by atoms with E-state index in [2.05, 4.69) is 21.2 Å². The number of carbonyl (C=O) groups excluding carboxylic acids is 2. The lowest BCUT2D eigenvalue weighted by Crippen LogP contribution is -2.48. The predicted octanol–water partition coefficient (Wildman–Crippen LogP) is 4.08. The largest absolute Gasteiger partial charge is 0.496 e. The second kappa shape index (κ2) is 10.3. The molecule has 1 atom stereocenters. The number of rotatable bonds is 6. The molecule has 1 aliphatic heterocycles. The maximum Gasteiger partial charge on any atom is 0.225 e. The van der Waals surface area contributed by atoms with E-state index in [9.17, 15) is 9.59 Å². The molecule has 154 valence electrons. The topological polar surface area (TPSA) is 58.6 Å². The van der Waals surface area contributed by atoms with Crippen LogP contribution in [-0.4, -0.2) is 43.0 Å². The molecule has 1 aromatic carbocycles. The highest BCUT2D eigenvalue weighted by atomic mass is 79.9. The molecule has 1 unspecified atom stereocenters. The Morgan fingerprint density at radius 1 is 1.18 bits per heavy atom. The third kappa shape index (κ3) is 5.72. The number of benzene rings is 1. The number of hydrogen-bond donors (Lipinski definition) is 1. The molecule has 3 rings (SSSR count). The number of methoxy groups -OCH3 is 1. The molecule has 1 N–H and O–H groups in total. The summed E-state index contributed by atoms with van der Waals surface area (Å²) in [5.74, 6) is 1.01. The van der Waals surface area contributed by atoms with Crippen LogP contribution >= 0.6 is 15.9 Å². The van der Waals surface area contributed by atoms with Gasteiger partial charge in [-0.15, -0.1) is 0 Å². The third-order valence-corrected chi connectivity index (χ3v) is 6.56. The first kappa shape index (κ1) is 21.2. The Bertz CT molecular complexity index is 688. The standard InChI is InChI=1S/C22H31BrN2O3/c1-28-20-11-9-16(14-19(20)23)10-12-21(26)25-13-5-6-17(15-25)22(27)24-18-7-3-2-4-8-18/h9,11,14,17-18H,2-8,10,12-13,15H2,1H3,(H,24,27). The zero-order chi connectivity index (χ0) is 19.9. The summed E-state index contributed by atoms with van der Waals surface area (Å²) in [5.41, 5.74) is 1.10. The minimum absolute atomic E-state index is 0.0604. The Balaban J connectivity index is 1.48. The molecular formula is C22H31BrN2O3. The second-order valence-electron chi connectivity index (χ2n) is 7.99. The number of nitrogens with zero attached hydrogens (tertiary/aromatic N) is 1. The van der Waals surface area contributed by atoms with E-state index in [0.29, 0.717) is 25.4 Å². The summed E-state index contributed by atoms with van der Waals surface area (Å²) < 4.78 is 6.15. The van der Waals surface area contributed by atoms with Crippen LogP contribution in [0.25, 0.3) is 0 Å². The molecule has 2 fully saturated rings. The molecule has 5 nitrogen and oxygen atoms in total. The van der Waals surface area contributed by atoms with Crippen LogP contribution in [0.3, 0.4) is 0 Å². The number of piperidine rings is 1. The molecular weight excluding hydrogens is 420 g/mol. The highest BCUT2D eigenvalue weighted by molar-refractivity contribution is 9.10. The Kier molecular flexibility index (Phi) is 7.77. The Morgan fingerprint density at radius 2 is 1.96 bits per heavy atom. The van der Waals surface area contributed by atoms with Gasteiger partial charge in [0.15, 0.2) is 0 Å². The van der Waals surface area contributed by atoms with Gasteiger partial charge in [-0.25, -0.2) is 0 Å². The predicted molar refractivity (Wildman–Crippen MR) is 113 cm³/mol. The van der Waals surface area contributed by atoms with Crippen LogP contribution in [0.1, 0.15) is 56.9 Å². The van der Waals surface area contributed by atoms with Gasteiger partial charge in [0.1, 0.15) is 5.75 Å². The lowest BCUT2D eigenvalue weighted by Gasteiger charge is -2.33. The van der Waals surface area contributed by atoms with Crippen LogP contribution in [0.5, 0.6) is 5.75 Å². The van der Waals surface area contributed by atoms with Crippen molar-refractivity contribution in [3.8, 4) is 5.75 Å². The number of halogens is 1. The molecule has 2 aliphatic rings. The van der Waals surface area contributed by atoms with Gasteiger partial charge in [0.2, 0.25) is 11.8 Å². The Labute approximate surface area is 176 Å². The highest BCUT2D eigenvalue weighted by Crippen LogP contribution is 2.26. The molecule has 0 bridgehead atoms. The molecule has 1 saturated carbocycles. The van der Waals surface area contributed by atoms with Crippen molar-refractivity contribution in [3.05, 3.63) is 28.2 Å². The average molecular weight is 451 g/mol. The average Bonchev–Trinajstić information content (AvgIpc) is 2.73. The first-order valence-electron chi connectivity index (χ1n) is 10.5. The van der Waals surface area contributed by atoms with Crippen LogP contribution < -0.4 is 10.1 Å². The molecule has 0 aromatic heterocycles. The van der Waals surface area contributed by atoms with Gasteiger partial charge >= 0.3 is 0 Å². The number of aryl methyl sites for hydroxylation is 1. The van der Waals surface area contributed by atoms with Crippen molar-refractivity contribution >= 4 is 27.7 Å². The van der Waals surface area contributed by atoms with E-state index in [-0.39, 0.29) is 17.7 Å². The molecule has 28 heavy (non-hydrogen) atoms. The molecule has 1 aromatic rings. The van der Waals surface area contributed by atoms with Crippen molar-refractivity contribution in [3.63, 3.8) is 0 Å². The minimum Gasteiger partial charge on any atom is -0.496 e. The number of likely N-dealkylation sites (tertiary alicyclic amines) is 1. The molecule has 2 amide bonds. The van der Waals surface area contributed by atoms with Crippen LogP contribution in [0, 0.1) is 5.92 Å². The van der Waals surface area contributed by atoms with Crippen molar-refractivity contribution in [2.75, 3.05) is 20.2 Å². The minimum atomic E-state index is -0.0604. The van der Waals surface area contributed by atoms with Crippen LogP contribution in [0.2, 0.25) is 0 Å². The van der Waals surface area contributed by atoms with Crippen molar-refractivity contribution in [1.82, 2.24) is 10.2 Å². The molecule has 0 spiro atoms. The molecule has 1 saturated heterocycles. The first-order valence-corrected chi connectivity index (χ1v) is 11.3. The summed E-state index contributed by atoms with van der Waals surface area (Å²) in [6.07, 6.45) is 8.84. The zero-order valence-corrected chi connectivity index (χ0v) is 18.3. The van der Waals surface area contributed by atoms with Gasteiger partial charge in [0.25, 0.3) is 0 Å². The van der Waals surface area contributed by atoms with Gasteiger partial charge in [0, 0.05) is 25.6 Å². The number of carbonyl (C=O) groups is 2. The fourth-order valence-electron chi connectivity index (χ4n) is 4.26. The molecule has 6 heteroatoms. The summed E-state index contributed by atoms with van der Waals surface area (Å²) in [6.45, 7) is 1.32. The van der Waals surface area contributed by atoms with Gasteiger partial charge in [-0.1, -0.05) is 25.3 Å². The van der Waals surface area contributed by atoms with Crippen molar-refractivity contribution < 1.29 is 14.3 Å². The number of nitrogens with one attached hydrogen (secondary N) is 1. The first-order chi connectivity index (χ1) is 13.6. The Hall–Kier alpha value is -1.56. The van der Waals surface area contributed by atoms with E-state index in [1.807, 2.05) is 23.1 Å². The summed E-state index contributed by atoms with van der Waals surface area (Å²) >= 11 is 3.49. The van der Waals surface area contributed by atoms with Crippen molar-refractivity contribution in [2.24, 2.45) is 5.92 Å². The van der Waals surface area contributed by atoms with Crippen molar-refractivity contribution in [2.45, 2.75) is 63.8 Å². The van der Waals surface area contributed by atoms with E-state index < -0.39 is 0 Å². The third-order valence-electron chi connectivity index (χ3n) is 5.94. The van der Waals surface area contributed by atoms with E-state index in [1.165, 1.54) is 19.3 Å². The van der Waals surface area contributed by atoms with Crippen molar-refractivity contribution in [1.29, 1.82) is 0 Å². The normalized spacial score (nSPS) is 20.6. The van der Waals surface area contributed by atoms with E-state index >= 15 is 0 Å². The summed E-state index contributed by atoms with van der Waals surface area (Å²) in [5, 5.41) is 3.23. The van der Waals surface area contributed by atoms with Gasteiger partial charge < -0.3 is 15.0 Å². The molecule has 1 heterocycles. The van der Waals surface area contributed by atoms with E-state index in [1.54, 1.807) is 7.11 Å². The summed E-state index contributed by atoms with van der Waals surface area (Å²) in [4.78, 5) is 27.2.